The Labute approximate surface area is 115 Å². The van der Waals surface area contributed by atoms with Crippen LogP contribution in [0.1, 0.15) is 49.7 Å². The summed E-state index contributed by atoms with van der Waals surface area (Å²) in [5, 5.41) is 12.1. The van der Waals surface area contributed by atoms with Crippen molar-refractivity contribution in [2.45, 2.75) is 51.4 Å². The van der Waals surface area contributed by atoms with Gasteiger partial charge in [0.1, 0.15) is 0 Å². The molecule has 0 aliphatic heterocycles. The third-order valence-electron chi connectivity index (χ3n) is 3.78. The van der Waals surface area contributed by atoms with Gasteiger partial charge in [-0.3, -0.25) is 4.79 Å². The van der Waals surface area contributed by atoms with Gasteiger partial charge in [0.05, 0.1) is 0 Å². The summed E-state index contributed by atoms with van der Waals surface area (Å²) in [6.45, 7) is 0.941. The number of rotatable bonds is 7. The van der Waals surface area contributed by atoms with Crippen LogP contribution in [-0.4, -0.2) is 17.6 Å². The molecule has 19 heavy (non-hydrogen) atoms. The number of aliphatic carboxylic acids is 1. The zero-order valence-corrected chi connectivity index (χ0v) is 11.5. The fourth-order valence-electron chi connectivity index (χ4n) is 2.75. The van der Waals surface area contributed by atoms with Gasteiger partial charge in [-0.1, -0.05) is 18.6 Å². The van der Waals surface area contributed by atoms with Crippen LogP contribution >= 0.6 is 0 Å². The van der Waals surface area contributed by atoms with Gasteiger partial charge in [0.15, 0.2) is 0 Å². The summed E-state index contributed by atoms with van der Waals surface area (Å²) in [5.74, 6) is -0.690. The largest absolute Gasteiger partial charge is 0.481 e. The molecule has 0 amide bonds. The van der Waals surface area contributed by atoms with Crippen molar-refractivity contribution in [3.8, 4) is 0 Å². The molecule has 1 aromatic carbocycles. The molecule has 0 heterocycles. The summed E-state index contributed by atoms with van der Waals surface area (Å²) in [6, 6.07) is 6.55. The maximum absolute atomic E-state index is 10.4. The second kappa shape index (κ2) is 7.17. The first-order valence-electron chi connectivity index (χ1n) is 7.34. The number of fused-ring (bicyclic) bond motifs is 1. The van der Waals surface area contributed by atoms with Crippen LogP contribution in [0.2, 0.25) is 0 Å². The molecule has 1 aliphatic rings. The van der Waals surface area contributed by atoms with E-state index in [1.54, 1.807) is 0 Å². The number of aryl methyl sites for hydroxylation is 1. The van der Waals surface area contributed by atoms with Crippen LogP contribution in [-0.2, 0) is 17.6 Å². The lowest BCUT2D eigenvalue weighted by Gasteiger charge is -2.20. The summed E-state index contributed by atoms with van der Waals surface area (Å²) in [6.07, 6.45) is 8.10. The van der Waals surface area contributed by atoms with Gasteiger partial charge in [-0.2, -0.15) is 0 Å². The second-order valence-electron chi connectivity index (χ2n) is 5.28. The number of unbranched alkanes of at least 4 members (excludes halogenated alkanes) is 2. The van der Waals surface area contributed by atoms with Gasteiger partial charge < -0.3 is 10.4 Å². The van der Waals surface area contributed by atoms with E-state index in [9.17, 15) is 4.79 Å². The summed E-state index contributed by atoms with van der Waals surface area (Å²) in [4.78, 5) is 10.4. The Balaban J connectivity index is 1.75. The molecule has 2 N–H and O–H groups in total. The van der Waals surface area contributed by atoms with Crippen molar-refractivity contribution >= 4 is 11.7 Å². The molecule has 2 rings (SSSR count). The smallest absolute Gasteiger partial charge is 0.303 e. The molecule has 3 nitrogen and oxygen atoms in total. The molecule has 0 spiro atoms. The minimum atomic E-state index is -0.690. The maximum Gasteiger partial charge on any atom is 0.303 e. The van der Waals surface area contributed by atoms with Crippen molar-refractivity contribution in [1.82, 2.24) is 0 Å². The molecule has 0 bridgehead atoms. The van der Waals surface area contributed by atoms with Crippen LogP contribution in [0.5, 0.6) is 0 Å². The average molecular weight is 261 g/mol. The van der Waals surface area contributed by atoms with E-state index >= 15 is 0 Å². The summed E-state index contributed by atoms with van der Waals surface area (Å²) < 4.78 is 0. The fourth-order valence-corrected chi connectivity index (χ4v) is 2.75. The Hall–Kier alpha value is -1.51. The third kappa shape index (κ3) is 4.27. The van der Waals surface area contributed by atoms with E-state index in [1.165, 1.54) is 42.5 Å². The Morgan fingerprint density at radius 2 is 2.00 bits per heavy atom. The highest BCUT2D eigenvalue weighted by Crippen LogP contribution is 2.27. The van der Waals surface area contributed by atoms with Gasteiger partial charge in [0, 0.05) is 18.7 Å². The number of carbonyl (C=O) groups is 1. The van der Waals surface area contributed by atoms with Crippen LogP contribution < -0.4 is 5.32 Å². The number of carboxylic acid groups (broad SMARTS) is 1. The predicted octanol–water partition coefficient (Wildman–Crippen LogP) is 3.62. The minimum absolute atomic E-state index is 0.292. The first-order valence-corrected chi connectivity index (χ1v) is 7.34. The zero-order valence-electron chi connectivity index (χ0n) is 11.5. The van der Waals surface area contributed by atoms with E-state index < -0.39 is 5.97 Å². The molecular weight excluding hydrogens is 238 g/mol. The number of anilines is 1. The SMILES string of the molecule is O=C(O)CCCCCNc1cccc2c1CCCC2. The Kier molecular flexibility index (Phi) is 5.25. The molecule has 104 valence electrons. The van der Waals surface area contributed by atoms with Crippen LogP contribution in [0, 0.1) is 0 Å². The van der Waals surface area contributed by atoms with E-state index in [0.717, 1.165) is 25.8 Å². The molecule has 1 aromatic rings. The molecule has 0 atom stereocenters. The van der Waals surface area contributed by atoms with Crippen LogP contribution in [0.4, 0.5) is 5.69 Å². The first-order chi connectivity index (χ1) is 9.27. The molecular formula is C16H23NO2. The first kappa shape index (κ1) is 13.9. The monoisotopic (exact) mass is 261 g/mol. The summed E-state index contributed by atoms with van der Waals surface area (Å²) in [7, 11) is 0. The van der Waals surface area contributed by atoms with Crippen molar-refractivity contribution in [1.29, 1.82) is 0 Å². The van der Waals surface area contributed by atoms with Crippen LogP contribution in [0.15, 0.2) is 18.2 Å². The van der Waals surface area contributed by atoms with Crippen molar-refractivity contribution in [3.63, 3.8) is 0 Å². The highest BCUT2D eigenvalue weighted by Gasteiger charge is 2.12. The maximum atomic E-state index is 10.4. The number of benzene rings is 1. The fraction of sp³-hybridized carbons (Fsp3) is 0.562. The van der Waals surface area contributed by atoms with Crippen LogP contribution in [0.3, 0.4) is 0 Å². The second-order valence-corrected chi connectivity index (χ2v) is 5.28. The molecule has 0 saturated heterocycles. The van der Waals surface area contributed by atoms with Crippen molar-refractivity contribution in [3.05, 3.63) is 29.3 Å². The molecule has 0 radical (unpaired) electrons. The van der Waals surface area contributed by atoms with E-state index in [1.807, 2.05) is 0 Å². The average Bonchev–Trinajstić information content (AvgIpc) is 2.42. The van der Waals surface area contributed by atoms with Gasteiger partial charge in [-0.25, -0.2) is 0 Å². The van der Waals surface area contributed by atoms with Gasteiger partial charge in [0.25, 0.3) is 0 Å². The van der Waals surface area contributed by atoms with Crippen molar-refractivity contribution in [2.24, 2.45) is 0 Å². The number of hydrogen-bond donors (Lipinski definition) is 2. The van der Waals surface area contributed by atoms with Gasteiger partial charge in [-0.05, 0) is 55.7 Å². The van der Waals surface area contributed by atoms with Crippen molar-refractivity contribution in [2.75, 3.05) is 11.9 Å². The van der Waals surface area contributed by atoms with Crippen LogP contribution in [0.25, 0.3) is 0 Å². The molecule has 0 saturated carbocycles. The van der Waals surface area contributed by atoms with E-state index in [0.29, 0.717) is 6.42 Å². The molecule has 0 aromatic heterocycles. The normalized spacial score (nSPS) is 13.9. The zero-order chi connectivity index (χ0) is 13.5. The molecule has 3 heteroatoms. The van der Waals surface area contributed by atoms with Crippen molar-refractivity contribution < 1.29 is 9.90 Å². The number of nitrogens with one attached hydrogen (secondary N) is 1. The topological polar surface area (TPSA) is 49.3 Å². The van der Waals surface area contributed by atoms with E-state index in [4.69, 9.17) is 5.11 Å². The molecule has 1 aliphatic carbocycles. The van der Waals surface area contributed by atoms with E-state index in [2.05, 4.69) is 23.5 Å². The Morgan fingerprint density at radius 3 is 2.84 bits per heavy atom. The molecule has 0 fully saturated rings. The lowest BCUT2D eigenvalue weighted by Crippen LogP contribution is -2.09. The van der Waals surface area contributed by atoms with Gasteiger partial charge in [-0.15, -0.1) is 0 Å². The Morgan fingerprint density at radius 1 is 1.16 bits per heavy atom. The Bertz CT molecular complexity index is 429. The quantitative estimate of drug-likeness (QED) is 0.737. The lowest BCUT2D eigenvalue weighted by atomic mass is 9.90. The number of carboxylic acids is 1. The third-order valence-corrected chi connectivity index (χ3v) is 3.78. The standard InChI is InChI=1S/C16H23NO2/c18-16(19)11-2-1-5-12-17-15-10-6-8-13-7-3-4-9-14(13)15/h6,8,10,17H,1-5,7,9,11-12H2,(H,18,19). The van der Waals surface area contributed by atoms with Gasteiger partial charge >= 0.3 is 5.97 Å². The highest BCUT2D eigenvalue weighted by atomic mass is 16.4. The summed E-state index contributed by atoms with van der Waals surface area (Å²) >= 11 is 0. The van der Waals surface area contributed by atoms with Gasteiger partial charge in [0.2, 0.25) is 0 Å². The highest BCUT2D eigenvalue weighted by molar-refractivity contribution is 5.66. The predicted molar refractivity (Wildman–Crippen MR) is 77.7 cm³/mol. The number of hydrogen-bond acceptors (Lipinski definition) is 2. The lowest BCUT2D eigenvalue weighted by molar-refractivity contribution is -0.137. The summed E-state index contributed by atoms with van der Waals surface area (Å²) in [5.41, 5.74) is 4.29. The van der Waals surface area contributed by atoms with E-state index in [-0.39, 0.29) is 0 Å². The molecule has 0 unspecified atom stereocenters. The minimum Gasteiger partial charge on any atom is -0.481 e.